The molecule has 0 spiro atoms. The van der Waals surface area contributed by atoms with E-state index >= 15 is 0 Å². The van der Waals surface area contributed by atoms with E-state index in [0.717, 1.165) is 134 Å². The number of hydrogen-bond donors (Lipinski definition) is 3. The number of carbonyl (C=O) groups excluding carboxylic acids is 4. The molecule has 88 heavy (non-hydrogen) atoms. The Labute approximate surface area is 534 Å². The van der Waals surface area contributed by atoms with Crippen LogP contribution in [-0.4, -0.2) is 96.7 Å². The van der Waals surface area contributed by atoms with Gasteiger partial charge in [0.05, 0.1) is 26.4 Å². The second-order valence-corrected chi connectivity index (χ2v) is 26.7. The zero-order valence-corrected chi connectivity index (χ0v) is 57.6. The van der Waals surface area contributed by atoms with Gasteiger partial charge in [0.1, 0.15) is 19.3 Å². The van der Waals surface area contributed by atoms with Crippen molar-refractivity contribution in [2.45, 2.75) is 323 Å². The van der Waals surface area contributed by atoms with Gasteiger partial charge >= 0.3 is 39.5 Å². The molecule has 3 unspecified atom stereocenters. The first-order valence-corrected chi connectivity index (χ1v) is 37.8. The van der Waals surface area contributed by atoms with Gasteiger partial charge in [-0.2, -0.15) is 0 Å². The topological polar surface area (TPSA) is 237 Å². The van der Waals surface area contributed by atoms with E-state index in [0.29, 0.717) is 25.7 Å². The van der Waals surface area contributed by atoms with Crippen LogP contribution in [0.2, 0.25) is 0 Å². The lowest BCUT2D eigenvalue weighted by Crippen LogP contribution is -2.30. The Hall–Kier alpha value is -2.98. The first-order chi connectivity index (χ1) is 42.6. The predicted molar refractivity (Wildman–Crippen MR) is 353 cm³/mol. The van der Waals surface area contributed by atoms with Crippen LogP contribution in [-0.2, 0) is 65.4 Å². The lowest BCUT2D eigenvalue weighted by molar-refractivity contribution is -0.161. The van der Waals surface area contributed by atoms with Crippen LogP contribution in [0.3, 0.4) is 0 Å². The van der Waals surface area contributed by atoms with Crippen molar-refractivity contribution in [1.29, 1.82) is 0 Å². The van der Waals surface area contributed by atoms with Gasteiger partial charge in [-0.15, -0.1) is 0 Å². The van der Waals surface area contributed by atoms with Gasteiger partial charge < -0.3 is 33.8 Å². The predicted octanol–water partition coefficient (Wildman–Crippen LogP) is 18.8. The number of rotatable bonds is 65. The van der Waals surface area contributed by atoms with Crippen molar-refractivity contribution in [1.82, 2.24) is 0 Å². The number of phosphoric ester groups is 2. The van der Waals surface area contributed by atoms with Gasteiger partial charge in [-0.25, -0.2) is 9.13 Å². The van der Waals surface area contributed by atoms with Crippen molar-refractivity contribution in [3.63, 3.8) is 0 Å². The van der Waals surface area contributed by atoms with Gasteiger partial charge in [0, 0.05) is 25.7 Å². The molecule has 3 N–H and O–H groups in total. The third kappa shape index (κ3) is 60.6. The third-order valence-corrected chi connectivity index (χ3v) is 17.0. The van der Waals surface area contributed by atoms with Crippen molar-refractivity contribution >= 4 is 39.5 Å². The Bertz CT molecular complexity index is 1890. The largest absolute Gasteiger partial charge is 0.472 e. The first-order valence-electron chi connectivity index (χ1n) is 34.8. The summed E-state index contributed by atoms with van der Waals surface area (Å²) >= 11 is 0. The highest BCUT2D eigenvalue weighted by Crippen LogP contribution is 2.45. The molecule has 0 aliphatic carbocycles. The molecule has 0 aromatic rings. The molecule has 0 bridgehead atoms. The molecule has 514 valence electrons. The second-order valence-electron chi connectivity index (χ2n) is 23.8. The van der Waals surface area contributed by atoms with Crippen LogP contribution in [0, 0.1) is 5.92 Å². The molecular formula is C69H126O17P2. The van der Waals surface area contributed by atoms with Gasteiger partial charge in [-0.05, 0) is 83.0 Å². The van der Waals surface area contributed by atoms with Gasteiger partial charge in [0.25, 0.3) is 0 Å². The van der Waals surface area contributed by atoms with Crippen LogP contribution < -0.4 is 0 Å². The zero-order chi connectivity index (χ0) is 64.9. The molecule has 0 saturated heterocycles. The van der Waals surface area contributed by atoms with E-state index in [1.54, 1.807) is 0 Å². The Balaban J connectivity index is 5.30. The summed E-state index contributed by atoms with van der Waals surface area (Å²) in [5.74, 6) is -1.48. The third-order valence-electron chi connectivity index (χ3n) is 15.1. The van der Waals surface area contributed by atoms with E-state index in [1.165, 1.54) is 89.9 Å². The molecule has 0 amide bonds. The molecule has 0 aromatic heterocycles. The fraction of sp³-hybridized carbons (Fsp3) is 0.826. The van der Waals surface area contributed by atoms with Gasteiger partial charge in [0.2, 0.25) is 0 Å². The number of allylic oxidation sites excluding steroid dienone is 8. The van der Waals surface area contributed by atoms with Crippen molar-refractivity contribution < 1.29 is 80.2 Å². The van der Waals surface area contributed by atoms with Crippen molar-refractivity contribution in [3.05, 3.63) is 48.6 Å². The number of aliphatic hydroxyl groups is 1. The zero-order valence-electron chi connectivity index (χ0n) is 55.8. The van der Waals surface area contributed by atoms with Crippen LogP contribution in [0.25, 0.3) is 0 Å². The summed E-state index contributed by atoms with van der Waals surface area (Å²) in [5.41, 5.74) is 0. The van der Waals surface area contributed by atoms with E-state index in [-0.39, 0.29) is 25.7 Å². The van der Waals surface area contributed by atoms with Gasteiger partial charge in [0.15, 0.2) is 12.2 Å². The molecular weight excluding hydrogens is 1160 g/mol. The van der Waals surface area contributed by atoms with Crippen LogP contribution >= 0.6 is 15.6 Å². The standard InChI is InChI=1S/C69H126O17P2/c1-6-10-13-16-19-22-24-26-28-30-32-34-37-43-48-53-67(72)80-58-64(85-68(73)54-49-44-38-35-33-31-29-27-25-23-20-17-14-11-7-2)60-83-87(75,76)81-56-63(70)57-82-88(77,78)84-61-65(59-79-66(71)52-47-42-36-21-18-15-12-8-3)86-69(74)55-50-45-40-39-41-46-51-62(5)9-4/h22-29,62-65,70H,6-21,30-61H2,1-5H3,(H,75,76)(H,77,78)/b24-22-,25-23-,28-26-,29-27-/t62?,63-,64-,65-/m1/s1. The SMILES string of the molecule is CCCCCC/C=C\C=C/CCCCCCCC(=O)OC[C@H](COP(=O)(O)OC[C@@H](O)COP(=O)(O)OC[C@@H](COC(=O)CCCCCCCCCC)OC(=O)CCCCCCCCC(C)CC)OC(=O)CCCCCCC/C=C\C=C/CCCCCC. The Morgan fingerprint density at radius 2 is 0.636 bits per heavy atom. The quantitative estimate of drug-likeness (QED) is 0.0169. The van der Waals surface area contributed by atoms with E-state index in [9.17, 15) is 43.2 Å². The maximum Gasteiger partial charge on any atom is 0.472 e. The number of hydrogen-bond acceptors (Lipinski definition) is 15. The number of aliphatic hydroxyl groups excluding tert-OH is 1. The van der Waals surface area contributed by atoms with Gasteiger partial charge in [-0.3, -0.25) is 37.3 Å². The average molecular weight is 1290 g/mol. The normalized spacial score (nSPS) is 14.8. The summed E-state index contributed by atoms with van der Waals surface area (Å²) in [6.07, 6.45) is 53.1. The number of esters is 4. The molecule has 0 rings (SSSR count). The van der Waals surface area contributed by atoms with Crippen molar-refractivity contribution in [2.75, 3.05) is 39.6 Å². The second kappa shape index (κ2) is 61.5. The summed E-state index contributed by atoms with van der Waals surface area (Å²) in [7, 11) is -9.92. The molecule has 19 heteroatoms. The Morgan fingerprint density at radius 1 is 0.364 bits per heavy atom. The van der Waals surface area contributed by atoms with Crippen LogP contribution in [0.5, 0.6) is 0 Å². The maximum atomic E-state index is 13.0. The molecule has 0 radical (unpaired) electrons. The Kier molecular flexibility index (Phi) is 59.4. The molecule has 0 fully saturated rings. The molecule has 0 aromatic carbocycles. The smallest absolute Gasteiger partial charge is 0.462 e. The maximum absolute atomic E-state index is 13.0. The van der Waals surface area contributed by atoms with Crippen LogP contribution in [0.4, 0.5) is 0 Å². The monoisotopic (exact) mass is 1290 g/mol. The van der Waals surface area contributed by atoms with E-state index in [2.05, 4.69) is 83.2 Å². The summed E-state index contributed by atoms with van der Waals surface area (Å²) in [4.78, 5) is 72.3. The number of ether oxygens (including phenoxy) is 4. The van der Waals surface area contributed by atoms with E-state index < -0.39 is 97.5 Å². The molecule has 0 aliphatic rings. The van der Waals surface area contributed by atoms with Crippen molar-refractivity contribution in [2.24, 2.45) is 5.92 Å². The fourth-order valence-corrected chi connectivity index (χ4v) is 10.9. The minimum Gasteiger partial charge on any atom is -0.462 e. The Morgan fingerprint density at radius 3 is 0.966 bits per heavy atom. The molecule has 17 nitrogen and oxygen atoms in total. The highest BCUT2D eigenvalue weighted by molar-refractivity contribution is 7.47. The lowest BCUT2D eigenvalue weighted by atomic mass is 10.00. The first kappa shape index (κ1) is 85.0. The minimum absolute atomic E-state index is 0.0779. The average Bonchev–Trinajstić information content (AvgIpc) is 3.66. The number of carbonyl (C=O) groups is 4. The highest BCUT2D eigenvalue weighted by atomic mass is 31.2. The molecule has 0 aliphatic heterocycles. The van der Waals surface area contributed by atoms with E-state index in [1.807, 2.05) is 0 Å². The van der Waals surface area contributed by atoms with Crippen molar-refractivity contribution in [3.8, 4) is 0 Å². The molecule has 0 heterocycles. The fourth-order valence-electron chi connectivity index (χ4n) is 9.35. The van der Waals surface area contributed by atoms with E-state index in [4.69, 9.17) is 37.0 Å². The minimum atomic E-state index is -4.97. The summed E-state index contributed by atoms with van der Waals surface area (Å²) < 4.78 is 68.0. The summed E-state index contributed by atoms with van der Waals surface area (Å²) in [6.45, 7) is 7.02. The highest BCUT2D eigenvalue weighted by Gasteiger charge is 2.30. The van der Waals surface area contributed by atoms with Gasteiger partial charge in [-0.1, -0.05) is 250 Å². The lowest BCUT2D eigenvalue weighted by Gasteiger charge is -2.21. The van der Waals surface area contributed by atoms with Crippen LogP contribution in [0.15, 0.2) is 48.6 Å². The molecule has 6 atom stereocenters. The molecule has 0 saturated carbocycles. The number of phosphoric acid groups is 2. The van der Waals surface area contributed by atoms with Crippen LogP contribution in [0.1, 0.15) is 304 Å². The summed E-state index contributed by atoms with van der Waals surface area (Å²) in [5, 5.41) is 10.6. The summed E-state index contributed by atoms with van der Waals surface area (Å²) in [6, 6.07) is 0. The number of unbranched alkanes of at least 4 members (excludes halogenated alkanes) is 30.